The molecule has 0 aliphatic rings. The molecule has 0 radical (unpaired) electrons. The molecule has 5 heteroatoms. The van der Waals surface area contributed by atoms with Crippen molar-refractivity contribution in [3.8, 4) is 6.07 Å². The van der Waals surface area contributed by atoms with Crippen molar-refractivity contribution < 1.29 is 4.79 Å². The van der Waals surface area contributed by atoms with E-state index in [2.05, 4.69) is 32.3 Å². The maximum absolute atomic E-state index is 12.3. The van der Waals surface area contributed by atoms with Crippen LogP contribution in [0, 0.1) is 25.2 Å². The zero-order chi connectivity index (χ0) is 15.4. The number of aromatic nitrogens is 1. The Kier molecular flexibility index (Phi) is 4.71. The Morgan fingerprint density at radius 3 is 2.71 bits per heavy atom. The molecule has 1 atom stereocenters. The number of nitrogens with one attached hydrogen (secondary N) is 1. The van der Waals surface area contributed by atoms with Crippen LogP contribution >= 0.6 is 15.9 Å². The summed E-state index contributed by atoms with van der Waals surface area (Å²) in [7, 11) is 0. The van der Waals surface area contributed by atoms with Crippen LogP contribution in [0.3, 0.4) is 0 Å². The van der Waals surface area contributed by atoms with Gasteiger partial charge in [0.15, 0.2) is 0 Å². The molecule has 1 aromatic carbocycles. The second-order valence-electron chi connectivity index (χ2n) is 4.68. The van der Waals surface area contributed by atoms with Gasteiger partial charge in [-0.15, -0.1) is 0 Å². The summed E-state index contributed by atoms with van der Waals surface area (Å²) in [6, 6.07) is 12.2. The molecule has 0 aliphatic carbocycles. The van der Waals surface area contributed by atoms with E-state index in [1.54, 1.807) is 25.1 Å². The first-order chi connectivity index (χ1) is 10.0. The molecule has 1 aromatic heterocycles. The Bertz CT molecular complexity index is 722. The molecule has 2 rings (SSSR count). The predicted molar refractivity (Wildman–Crippen MR) is 83.7 cm³/mol. The van der Waals surface area contributed by atoms with Crippen molar-refractivity contribution in [2.24, 2.45) is 0 Å². The zero-order valence-electron chi connectivity index (χ0n) is 11.7. The molecule has 0 aliphatic heterocycles. The van der Waals surface area contributed by atoms with E-state index >= 15 is 0 Å². The van der Waals surface area contributed by atoms with Crippen molar-refractivity contribution in [3.63, 3.8) is 0 Å². The van der Waals surface area contributed by atoms with Crippen molar-refractivity contribution in [1.29, 1.82) is 5.26 Å². The van der Waals surface area contributed by atoms with Gasteiger partial charge in [-0.3, -0.25) is 9.78 Å². The fourth-order valence-corrected chi connectivity index (χ4v) is 2.43. The van der Waals surface area contributed by atoms with Crippen LogP contribution in [0.5, 0.6) is 0 Å². The number of hydrogen-bond donors (Lipinski definition) is 1. The number of aryl methyl sites for hydroxylation is 2. The zero-order valence-corrected chi connectivity index (χ0v) is 13.3. The Morgan fingerprint density at radius 1 is 1.33 bits per heavy atom. The van der Waals surface area contributed by atoms with Gasteiger partial charge >= 0.3 is 0 Å². The summed E-state index contributed by atoms with van der Waals surface area (Å²) < 4.78 is 0.864. The largest absolute Gasteiger partial charge is 0.332 e. The Morgan fingerprint density at radius 2 is 2.10 bits per heavy atom. The quantitative estimate of drug-likeness (QED) is 0.927. The predicted octanol–water partition coefficient (Wildman–Crippen LogP) is 3.46. The maximum Gasteiger partial charge on any atom is 0.254 e. The van der Waals surface area contributed by atoms with E-state index < -0.39 is 6.04 Å². The highest BCUT2D eigenvalue weighted by molar-refractivity contribution is 9.10. The number of rotatable bonds is 3. The summed E-state index contributed by atoms with van der Waals surface area (Å²) in [5, 5.41) is 12.0. The number of hydrogen-bond acceptors (Lipinski definition) is 3. The first-order valence-electron chi connectivity index (χ1n) is 6.41. The highest BCUT2D eigenvalue weighted by Crippen LogP contribution is 2.18. The molecule has 0 fully saturated rings. The molecule has 106 valence electrons. The van der Waals surface area contributed by atoms with E-state index in [-0.39, 0.29) is 5.91 Å². The molecule has 1 unspecified atom stereocenters. The Balaban J connectivity index is 2.23. The number of amides is 1. The van der Waals surface area contributed by atoms with Crippen LogP contribution in [0.25, 0.3) is 0 Å². The number of benzene rings is 1. The van der Waals surface area contributed by atoms with Gasteiger partial charge in [0, 0.05) is 10.2 Å². The fourth-order valence-electron chi connectivity index (χ4n) is 2.01. The third-order valence-electron chi connectivity index (χ3n) is 3.06. The van der Waals surface area contributed by atoms with Gasteiger partial charge in [0.2, 0.25) is 0 Å². The van der Waals surface area contributed by atoms with Crippen LogP contribution in [0.2, 0.25) is 0 Å². The van der Waals surface area contributed by atoms with Crippen molar-refractivity contribution in [1.82, 2.24) is 10.3 Å². The molecule has 0 bridgehead atoms. The van der Waals surface area contributed by atoms with Crippen molar-refractivity contribution in [2.45, 2.75) is 19.9 Å². The second kappa shape index (κ2) is 6.51. The lowest BCUT2D eigenvalue weighted by molar-refractivity contribution is 0.0944. The monoisotopic (exact) mass is 343 g/mol. The topological polar surface area (TPSA) is 65.8 Å². The molecular formula is C16H14BrN3O. The molecule has 1 amide bonds. The van der Waals surface area contributed by atoms with Gasteiger partial charge in [-0.25, -0.2) is 0 Å². The van der Waals surface area contributed by atoms with Crippen LogP contribution in [-0.2, 0) is 0 Å². The van der Waals surface area contributed by atoms with Crippen LogP contribution < -0.4 is 5.32 Å². The molecule has 0 saturated heterocycles. The van der Waals surface area contributed by atoms with Crippen molar-refractivity contribution in [3.05, 3.63) is 63.4 Å². The van der Waals surface area contributed by atoms with Gasteiger partial charge in [0.05, 0.1) is 17.3 Å². The third kappa shape index (κ3) is 3.67. The van der Waals surface area contributed by atoms with Gasteiger partial charge < -0.3 is 5.32 Å². The minimum atomic E-state index is -0.698. The number of carbonyl (C=O) groups excluding carboxylic acids is 1. The first kappa shape index (κ1) is 15.2. The lowest BCUT2D eigenvalue weighted by atomic mass is 10.1. The molecule has 1 N–H and O–H groups in total. The van der Waals surface area contributed by atoms with Crippen molar-refractivity contribution >= 4 is 21.8 Å². The summed E-state index contributed by atoms with van der Waals surface area (Å²) in [6.07, 6.45) is 0. The number of nitriles is 1. The minimum Gasteiger partial charge on any atom is -0.332 e. The standard InChI is InChI=1S/C16H14BrN3O/c1-10-6-7-14(11(2)19-10)16(21)20-15(9-18)12-4-3-5-13(17)8-12/h3-8,15H,1-2H3,(H,20,21). The maximum atomic E-state index is 12.3. The van der Waals surface area contributed by atoms with Crippen LogP contribution in [0.15, 0.2) is 40.9 Å². The normalized spacial score (nSPS) is 11.5. The summed E-state index contributed by atoms with van der Waals surface area (Å²) in [5.74, 6) is -0.300. The summed E-state index contributed by atoms with van der Waals surface area (Å²) in [6.45, 7) is 3.65. The third-order valence-corrected chi connectivity index (χ3v) is 3.55. The highest BCUT2D eigenvalue weighted by atomic mass is 79.9. The van der Waals surface area contributed by atoms with Gasteiger partial charge in [-0.05, 0) is 43.7 Å². The fraction of sp³-hybridized carbons (Fsp3) is 0.188. The number of halogens is 1. The lowest BCUT2D eigenvalue weighted by Gasteiger charge is -2.13. The number of nitrogens with zero attached hydrogens (tertiary/aromatic N) is 2. The average molecular weight is 344 g/mol. The van der Waals surface area contributed by atoms with Gasteiger partial charge in [0.1, 0.15) is 6.04 Å². The Labute approximate surface area is 132 Å². The number of pyridine rings is 1. The highest BCUT2D eigenvalue weighted by Gasteiger charge is 2.17. The smallest absolute Gasteiger partial charge is 0.254 e. The van der Waals surface area contributed by atoms with E-state index in [1.165, 1.54) is 0 Å². The molecule has 0 spiro atoms. The first-order valence-corrected chi connectivity index (χ1v) is 7.21. The molecule has 0 saturated carbocycles. The second-order valence-corrected chi connectivity index (χ2v) is 5.59. The Hall–Kier alpha value is -2.19. The summed E-state index contributed by atoms with van der Waals surface area (Å²) in [4.78, 5) is 16.6. The van der Waals surface area contributed by atoms with E-state index in [4.69, 9.17) is 0 Å². The SMILES string of the molecule is Cc1ccc(C(=O)NC(C#N)c2cccc(Br)c2)c(C)n1. The molecule has 21 heavy (non-hydrogen) atoms. The summed E-state index contributed by atoms with van der Waals surface area (Å²) >= 11 is 3.36. The minimum absolute atomic E-state index is 0.300. The molecular weight excluding hydrogens is 330 g/mol. The van der Waals surface area contributed by atoms with Gasteiger partial charge in [-0.2, -0.15) is 5.26 Å². The number of carbonyl (C=O) groups is 1. The van der Waals surface area contributed by atoms with E-state index in [0.29, 0.717) is 11.3 Å². The summed E-state index contributed by atoms with van der Waals surface area (Å²) in [5.41, 5.74) is 2.72. The van der Waals surface area contributed by atoms with E-state index in [1.807, 2.05) is 25.1 Å². The average Bonchev–Trinajstić information content (AvgIpc) is 2.44. The molecule has 4 nitrogen and oxygen atoms in total. The van der Waals surface area contributed by atoms with E-state index in [9.17, 15) is 10.1 Å². The van der Waals surface area contributed by atoms with Gasteiger partial charge in [0.25, 0.3) is 5.91 Å². The van der Waals surface area contributed by atoms with Crippen LogP contribution in [0.1, 0.15) is 33.4 Å². The van der Waals surface area contributed by atoms with Crippen LogP contribution in [0.4, 0.5) is 0 Å². The van der Waals surface area contributed by atoms with E-state index in [0.717, 1.165) is 15.7 Å². The van der Waals surface area contributed by atoms with Crippen molar-refractivity contribution in [2.75, 3.05) is 0 Å². The molecule has 2 aromatic rings. The molecule has 1 heterocycles. The van der Waals surface area contributed by atoms with Crippen LogP contribution in [-0.4, -0.2) is 10.9 Å². The lowest BCUT2D eigenvalue weighted by Crippen LogP contribution is -2.28. The van der Waals surface area contributed by atoms with Gasteiger partial charge in [-0.1, -0.05) is 28.1 Å².